The van der Waals surface area contributed by atoms with Crippen LogP contribution in [0.5, 0.6) is 0 Å². The lowest BCUT2D eigenvalue weighted by molar-refractivity contribution is 0.101. The van der Waals surface area contributed by atoms with Gasteiger partial charge >= 0.3 is 0 Å². The quantitative estimate of drug-likeness (QED) is 0.770. The third kappa shape index (κ3) is 2.14. The predicted molar refractivity (Wildman–Crippen MR) is 67.7 cm³/mol. The van der Waals surface area contributed by atoms with Crippen LogP contribution in [0.4, 0.5) is 11.4 Å². The van der Waals surface area contributed by atoms with Crippen molar-refractivity contribution in [3.05, 3.63) is 23.8 Å². The van der Waals surface area contributed by atoms with E-state index in [1.165, 1.54) is 12.0 Å². The number of ether oxygens (including phenoxy) is 1. The van der Waals surface area contributed by atoms with Crippen LogP contribution in [-0.2, 0) is 4.74 Å². The smallest absolute Gasteiger partial charge is 0.0772 e. The minimum Gasteiger partial charge on any atom is -0.397 e. The monoisotopic (exact) mass is 220 g/mol. The van der Waals surface area contributed by atoms with Gasteiger partial charge in [0.15, 0.2) is 0 Å². The lowest BCUT2D eigenvalue weighted by Gasteiger charge is -2.23. The van der Waals surface area contributed by atoms with Crippen LogP contribution < -0.4 is 11.1 Å². The van der Waals surface area contributed by atoms with Crippen LogP contribution in [0.2, 0.25) is 0 Å². The van der Waals surface area contributed by atoms with Gasteiger partial charge in [-0.05, 0) is 37.8 Å². The van der Waals surface area contributed by atoms with E-state index in [0.29, 0.717) is 12.1 Å². The molecule has 0 amide bonds. The second-order valence-corrected chi connectivity index (χ2v) is 4.50. The highest BCUT2D eigenvalue weighted by molar-refractivity contribution is 5.70. The Bertz CT molecular complexity index is 345. The molecule has 1 aliphatic rings. The van der Waals surface area contributed by atoms with Gasteiger partial charge in [-0.3, -0.25) is 0 Å². The van der Waals surface area contributed by atoms with Crippen LogP contribution in [0.15, 0.2) is 18.2 Å². The number of hydrogen-bond acceptors (Lipinski definition) is 3. The van der Waals surface area contributed by atoms with Gasteiger partial charge in [0, 0.05) is 7.11 Å². The highest BCUT2D eigenvalue weighted by Crippen LogP contribution is 2.29. The minimum absolute atomic E-state index is 0.319. The molecule has 0 saturated heterocycles. The number of benzene rings is 1. The molecule has 1 aliphatic carbocycles. The molecule has 1 fully saturated rings. The van der Waals surface area contributed by atoms with Gasteiger partial charge in [0.2, 0.25) is 0 Å². The zero-order valence-electron chi connectivity index (χ0n) is 9.99. The maximum atomic E-state index is 5.98. The Kier molecular flexibility index (Phi) is 3.34. The molecular weight excluding hydrogens is 200 g/mol. The maximum absolute atomic E-state index is 5.98. The van der Waals surface area contributed by atoms with Crippen LogP contribution in [0.3, 0.4) is 0 Å². The van der Waals surface area contributed by atoms with Crippen molar-refractivity contribution in [3.63, 3.8) is 0 Å². The van der Waals surface area contributed by atoms with Crippen molar-refractivity contribution < 1.29 is 4.74 Å². The van der Waals surface area contributed by atoms with Gasteiger partial charge in [0.05, 0.1) is 23.5 Å². The van der Waals surface area contributed by atoms with Gasteiger partial charge in [-0.25, -0.2) is 0 Å². The van der Waals surface area contributed by atoms with Crippen LogP contribution in [0.25, 0.3) is 0 Å². The van der Waals surface area contributed by atoms with Crippen molar-refractivity contribution in [2.45, 2.75) is 38.3 Å². The lowest BCUT2D eigenvalue weighted by atomic mass is 10.1. The highest BCUT2D eigenvalue weighted by Gasteiger charge is 2.27. The first-order valence-corrected chi connectivity index (χ1v) is 5.87. The van der Waals surface area contributed by atoms with Crippen LogP contribution in [-0.4, -0.2) is 19.3 Å². The Morgan fingerprint density at radius 2 is 2.19 bits per heavy atom. The van der Waals surface area contributed by atoms with E-state index in [0.717, 1.165) is 24.2 Å². The Morgan fingerprint density at radius 3 is 2.88 bits per heavy atom. The van der Waals surface area contributed by atoms with Gasteiger partial charge < -0.3 is 15.8 Å². The fraction of sp³-hybridized carbons (Fsp3) is 0.538. The summed E-state index contributed by atoms with van der Waals surface area (Å²) in [6.07, 6.45) is 3.84. The van der Waals surface area contributed by atoms with E-state index in [1.54, 1.807) is 7.11 Å². The fourth-order valence-electron chi connectivity index (χ4n) is 2.45. The summed E-state index contributed by atoms with van der Waals surface area (Å²) in [6, 6.07) is 6.40. The maximum Gasteiger partial charge on any atom is 0.0772 e. The average Bonchev–Trinajstić information content (AvgIpc) is 2.71. The van der Waals surface area contributed by atoms with Crippen molar-refractivity contribution in [2.24, 2.45) is 0 Å². The first-order chi connectivity index (χ1) is 7.72. The number of nitrogens with two attached hydrogens (primary N) is 1. The Morgan fingerprint density at radius 1 is 1.38 bits per heavy atom. The molecule has 2 rings (SSSR count). The summed E-state index contributed by atoms with van der Waals surface area (Å²) in [7, 11) is 1.78. The zero-order valence-corrected chi connectivity index (χ0v) is 9.99. The number of methoxy groups -OCH3 is 1. The van der Waals surface area contributed by atoms with E-state index in [1.807, 2.05) is 12.1 Å². The van der Waals surface area contributed by atoms with Gasteiger partial charge in [0.1, 0.15) is 0 Å². The van der Waals surface area contributed by atoms with Crippen molar-refractivity contribution >= 4 is 11.4 Å². The lowest BCUT2D eigenvalue weighted by Crippen LogP contribution is -2.30. The molecule has 0 aromatic heterocycles. The molecule has 3 heteroatoms. The summed E-state index contributed by atoms with van der Waals surface area (Å²) >= 11 is 0. The van der Waals surface area contributed by atoms with Crippen molar-refractivity contribution in [1.82, 2.24) is 0 Å². The normalized spacial score (nSPS) is 24.6. The van der Waals surface area contributed by atoms with E-state index in [4.69, 9.17) is 10.5 Å². The molecule has 0 spiro atoms. The molecule has 16 heavy (non-hydrogen) atoms. The molecule has 1 aromatic carbocycles. The zero-order chi connectivity index (χ0) is 11.5. The van der Waals surface area contributed by atoms with Crippen LogP contribution in [0.1, 0.15) is 24.8 Å². The Hall–Kier alpha value is -1.22. The van der Waals surface area contributed by atoms with Gasteiger partial charge in [-0.1, -0.05) is 12.1 Å². The summed E-state index contributed by atoms with van der Waals surface area (Å²) in [5, 5.41) is 3.53. The number of hydrogen-bond donors (Lipinski definition) is 2. The molecular formula is C13H20N2O. The standard InChI is InChI=1S/C13H20N2O/c1-9-5-3-6-10(14)13(9)15-11-7-4-8-12(11)16-2/h3,5-6,11-12,15H,4,7-8,14H2,1-2H3. The second kappa shape index (κ2) is 4.74. The third-order valence-electron chi connectivity index (χ3n) is 3.39. The van der Waals surface area contributed by atoms with Crippen molar-refractivity contribution in [2.75, 3.05) is 18.2 Å². The minimum atomic E-state index is 0.319. The number of nitrogens with one attached hydrogen (secondary N) is 1. The first kappa shape index (κ1) is 11.3. The molecule has 3 nitrogen and oxygen atoms in total. The van der Waals surface area contributed by atoms with E-state index in [2.05, 4.69) is 18.3 Å². The van der Waals surface area contributed by atoms with E-state index in [-0.39, 0.29) is 0 Å². The van der Waals surface area contributed by atoms with Crippen molar-refractivity contribution in [1.29, 1.82) is 0 Å². The molecule has 2 unspecified atom stereocenters. The molecule has 2 atom stereocenters. The Balaban J connectivity index is 2.14. The highest BCUT2D eigenvalue weighted by atomic mass is 16.5. The SMILES string of the molecule is COC1CCCC1Nc1c(C)cccc1N. The van der Waals surface area contributed by atoms with E-state index in [9.17, 15) is 0 Å². The summed E-state index contributed by atoms with van der Waals surface area (Å²) < 4.78 is 5.47. The van der Waals surface area contributed by atoms with Gasteiger partial charge in [0.25, 0.3) is 0 Å². The molecule has 1 aromatic rings. The number of para-hydroxylation sites is 1. The molecule has 0 radical (unpaired) electrons. The van der Waals surface area contributed by atoms with Crippen molar-refractivity contribution in [3.8, 4) is 0 Å². The predicted octanol–water partition coefficient (Wildman–Crippen LogP) is 2.56. The molecule has 0 aliphatic heterocycles. The summed E-state index contributed by atoms with van der Waals surface area (Å²) in [6.45, 7) is 2.08. The average molecular weight is 220 g/mol. The van der Waals surface area contributed by atoms with E-state index < -0.39 is 0 Å². The van der Waals surface area contributed by atoms with Gasteiger partial charge in [-0.15, -0.1) is 0 Å². The molecule has 3 N–H and O–H groups in total. The van der Waals surface area contributed by atoms with Crippen LogP contribution in [0, 0.1) is 6.92 Å². The molecule has 1 saturated carbocycles. The number of rotatable bonds is 3. The number of anilines is 2. The summed E-state index contributed by atoms with van der Waals surface area (Å²) in [4.78, 5) is 0. The fourth-order valence-corrected chi connectivity index (χ4v) is 2.45. The number of nitrogen functional groups attached to an aromatic ring is 1. The van der Waals surface area contributed by atoms with Crippen LogP contribution >= 0.6 is 0 Å². The first-order valence-electron chi connectivity index (χ1n) is 5.87. The number of aryl methyl sites for hydroxylation is 1. The second-order valence-electron chi connectivity index (χ2n) is 4.50. The molecule has 0 heterocycles. The van der Waals surface area contributed by atoms with Gasteiger partial charge in [-0.2, -0.15) is 0 Å². The molecule has 0 bridgehead atoms. The summed E-state index contributed by atoms with van der Waals surface area (Å²) in [5.41, 5.74) is 9.07. The molecule has 88 valence electrons. The third-order valence-corrected chi connectivity index (χ3v) is 3.39. The largest absolute Gasteiger partial charge is 0.397 e. The Labute approximate surface area is 97.0 Å². The summed E-state index contributed by atoms with van der Waals surface area (Å²) in [5.74, 6) is 0. The topological polar surface area (TPSA) is 47.3 Å². The van der Waals surface area contributed by atoms with E-state index >= 15 is 0 Å².